The fourth-order valence-electron chi connectivity index (χ4n) is 2.23. The average Bonchev–Trinajstić information content (AvgIpc) is 2.81. The molecule has 2 N–H and O–H groups in total. The van der Waals surface area contributed by atoms with Crippen molar-refractivity contribution in [3.8, 4) is 0 Å². The van der Waals surface area contributed by atoms with E-state index in [2.05, 4.69) is 5.32 Å². The Morgan fingerprint density at radius 1 is 1.35 bits per heavy atom. The van der Waals surface area contributed by atoms with Gasteiger partial charge in [-0.2, -0.15) is 0 Å². The molecule has 1 heterocycles. The smallest absolute Gasteiger partial charge is 0.326 e. The third kappa shape index (κ3) is 3.53. The van der Waals surface area contributed by atoms with Crippen molar-refractivity contribution in [2.75, 3.05) is 0 Å². The number of rotatable bonds is 5. The van der Waals surface area contributed by atoms with Crippen molar-refractivity contribution in [2.45, 2.75) is 44.6 Å². The molecule has 20 heavy (non-hydrogen) atoms. The lowest BCUT2D eigenvalue weighted by Gasteiger charge is -2.13. The summed E-state index contributed by atoms with van der Waals surface area (Å²) in [6.07, 6.45) is 0.344. The largest absolute Gasteiger partial charge is 0.480 e. The first-order valence-electron chi connectivity index (χ1n) is 6.40. The minimum atomic E-state index is -2.77. The highest BCUT2D eigenvalue weighted by atomic mass is 32.1. The van der Waals surface area contributed by atoms with Gasteiger partial charge in [-0.3, -0.25) is 4.79 Å². The summed E-state index contributed by atoms with van der Waals surface area (Å²) in [6.45, 7) is 0. The maximum atomic E-state index is 12.3. The Morgan fingerprint density at radius 2 is 2.05 bits per heavy atom. The molecule has 1 aliphatic carbocycles. The molecular formula is C13H15F2NO3S. The second-order valence-electron chi connectivity index (χ2n) is 4.76. The van der Waals surface area contributed by atoms with Gasteiger partial charge in [-0.15, -0.1) is 11.3 Å². The molecule has 0 aliphatic heterocycles. The van der Waals surface area contributed by atoms with E-state index in [-0.39, 0.29) is 0 Å². The van der Waals surface area contributed by atoms with E-state index in [9.17, 15) is 18.4 Å². The molecule has 0 bridgehead atoms. The van der Waals surface area contributed by atoms with Crippen LogP contribution in [-0.2, 0) is 17.6 Å². The molecule has 1 atom stereocenters. The van der Waals surface area contributed by atoms with E-state index in [1.165, 1.54) is 11.3 Å². The van der Waals surface area contributed by atoms with Gasteiger partial charge in [0.1, 0.15) is 6.04 Å². The van der Waals surface area contributed by atoms with E-state index in [0.717, 1.165) is 36.1 Å². The molecule has 0 spiro atoms. The summed E-state index contributed by atoms with van der Waals surface area (Å²) in [5.74, 6) is -2.03. The second kappa shape index (κ2) is 6.30. The van der Waals surface area contributed by atoms with Crippen molar-refractivity contribution >= 4 is 23.2 Å². The first-order chi connectivity index (χ1) is 9.47. The number of carbonyl (C=O) groups excluding carboxylic acids is 1. The van der Waals surface area contributed by atoms with Gasteiger partial charge >= 0.3 is 5.97 Å². The number of carbonyl (C=O) groups is 2. The molecule has 0 fully saturated rings. The molecule has 1 amide bonds. The molecule has 110 valence electrons. The summed E-state index contributed by atoms with van der Waals surface area (Å²) in [7, 11) is 0. The van der Waals surface area contributed by atoms with Gasteiger partial charge < -0.3 is 10.4 Å². The number of aryl methyl sites for hydroxylation is 2. The Balaban J connectivity index is 2.06. The lowest BCUT2D eigenvalue weighted by atomic mass is 9.99. The number of nitrogens with one attached hydrogen (secondary N) is 1. The van der Waals surface area contributed by atoms with Crippen LogP contribution < -0.4 is 5.32 Å². The van der Waals surface area contributed by atoms with E-state index < -0.39 is 30.8 Å². The zero-order valence-electron chi connectivity index (χ0n) is 10.7. The van der Waals surface area contributed by atoms with Crippen LogP contribution in [0.4, 0.5) is 8.78 Å². The minimum absolute atomic E-state index is 0.400. The van der Waals surface area contributed by atoms with Crippen LogP contribution in [0.25, 0.3) is 0 Å². The Hall–Kier alpha value is -1.50. The van der Waals surface area contributed by atoms with Gasteiger partial charge in [0.25, 0.3) is 5.91 Å². The van der Waals surface area contributed by atoms with Crippen LogP contribution in [0, 0.1) is 0 Å². The second-order valence-corrected chi connectivity index (χ2v) is 5.89. The Kier molecular flexibility index (Phi) is 4.69. The molecule has 0 saturated heterocycles. The molecule has 1 unspecified atom stereocenters. The predicted molar refractivity (Wildman–Crippen MR) is 70.5 cm³/mol. The van der Waals surface area contributed by atoms with Crippen molar-refractivity contribution in [1.82, 2.24) is 5.32 Å². The van der Waals surface area contributed by atoms with Crippen LogP contribution in [-0.4, -0.2) is 29.5 Å². The number of alkyl halides is 2. The normalized spacial score (nSPS) is 15.8. The molecule has 1 aromatic heterocycles. The molecule has 2 rings (SSSR count). The quantitative estimate of drug-likeness (QED) is 0.878. The highest BCUT2D eigenvalue weighted by Crippen LogP contribution is 2.29. The number of carboxylic acids is 1. The monoisotopic (exact) mass is 303 g/mol. The van der Waals surface area contributed by atoms with Gasteiger partial charge in [0, 0.05) is 11.3 Å². The topological polar surface area (TPSA) is 66.4 Å². The van der Waals surface area contributed by atoms with Crippen LogP contribution in [0.2, 0.25) is 0 Å². The summed E-state index contributed by atoms with van der Waals surface area (Å²) >= 11 is 1.32. The van der Waals surface area contributed by atoms with Gasteiger partial charge in [-0.1, -0.05) is 0 Å². The number of hydrogen-bond acceptors (Lipinski definition) is 3. The third-order valence-corrected chi connectivity index (χ3v) is 4.47. The number of fused-ring (bicyclic) bond motifs is 1. The molecule has 0 saturated carbocycles. The van der Waals surface area contributed by atoms with Gasteiger partial charge in [-0.05, 0) is 37.3 Å². The van der Waals surface area contributed by atoms with Gasteiger partial charge in [0.15, 0.2) is 0 Å². The van der Waals surface area contributed by atoms with Gasteiger partial charge in [0.05, 0.1) is 4.88 Å². The molecular weight excluding hydrogens is 288 g/mol. The lowest BCUT2D eigenvalue weighted by molar-refractivity contribution is -0.140. The average molecular weight is 303 g/mol. The summed E-state index contributed by atoms with van der Waals surface area (Å²) < 4.78 is 24.5. The van der Waals surface area contributed by atoms with E-state index in [1.807, 2.05) is 0 Å². The summed E-state index contributed by atoms with van der Waals surface area (Å²) in [5.41, 5.74) is 1.12. The van der Waals surface area contributed by atoms with Crippen LogP contribution >= 0.6 is 11.3 Å². The fraction of sp³-hybridized carbons (Fsp3) is 0.538. The minimum Gasteiger partial charge on any atom is -0.480 e. The molecule has 7 heteroatoms. The fourth-order valence-corrected chi connectivity index (χ4v) is 3.39. The molecule has 0 aromatic carbocycles. The maximum Gasteiger partial charge on any atom is 0.326 e. The summed E-state index contributed by atoms with van der Waals surface area (Å²) in [4.78, 5) is 24.3. The van der Waals surface area contributed by atoms with Crippen LogP contribution in [0.1, 0.15) is 39.4 Å². The molecule has 1 aliphatic rings. The van der Waals surface area contributed by atoms with Crippen molar-refractivity contribution in [3.63, 3.8) is 0 Å². The highest BCUT2D eigenvalue weighted by Gasteiger charge is 2.26. The number of aliphatic carboxylic acids is 1. The molecule has 1 aromatic rings. The van der Waals surface area contributed by atoms with Gasteiger partial charge in [-0.25, -0.2) is 13.6 Å². The number of hydrogen-bond donors (Lipinski definition) is 2. The zero-order chi connectivity index (χ0) is 14.7. The summed E-state index contributed by atoms with van der Waals surface area (Å²) in [5, 5.41) is 11.0. The van der Waals surface area contributed by atoms with Crippen LogP contribution in [0.15, 0.2) is 6.07 Å². The van der Waals surface area contributed by atoms with Crippen molar-refractivity contribution < 1.29 is 23.5 Å². The number of amides is 1. The van der Waals surface area contributed by atoms with Crippen molar-refractivity contribution in [2.24, 2.45) is 0 Å². The summed E-state index contributed by atoms with van der Waals surface area (Å²) in [6, 6.07) is 0.192. The predicted octanol–water partition coefficient (Wildman–Crippen LogP) is 2.47. The number of halogens is 2. The third-order valence-electron chi connectivity index (χ3n) is 3.24. The number of thiophene rings is 1. The Labute approximate surface area is 118 Å². The maximum absolute atomic E-state index is 12.3. The standard InChI is InChI=1S/C13H15F2NO3S/c14-11(15)6-8(13(18)19)16-12(17)10-5-7-3-1-2-4-9(7)20-10/h5,8,11H,1-4,6H2,(H,16,17)(H,18,19). The van der Waals surface area contributed by atoms with E-state index >= 15 is 0 Å². The van der Waals surface area contributed by atoms with Crippen molar-refractivity contribution in [1.29, 1.82) is 0 Å². The van der Waals surface area contributed by atoms with E-state index in [0.29, 0.717) is 4.88 Å². The van der Waals surface area contributed by atoms with E-state index in [4.69, 9.17) is 5.11 Å². The Morgan fingerprint density at radius 3 is 2.65 bits per heavy atom. The number of carboxylic acid groups (broad SMARTS) is 1. The van der Waals surface area contributed by atoms with Crippen LogP contribution in [0.5, 0.6) is 0 Å². The van der Waals surface area contributed by atoms with Crippen molar-refractivity contribution in [3.05, 3.63) is 21.4 Å². The van der Waals surface area contributed by atoms with Gasteiger partial charge in [0.2, 0.25) is 6.43 Å². The van der Waals surface area contributed by atoms with E-state index in [1.54, 1.807) is 6.07 Å². The molecule has 0 radical (unpaired) electrons. The zero-order valence-corrected chi connectivity index (χ0v) is 11.5. The lowest BCUT2D eigenvalue weighted by Crippen LogP contribution is -2.41. The van der Waals surface area contributed by atoms with Crippen LogP contribution in [0.3, 0.4) is 0 Å². The highest BCUT2D eigenvalue weighted by molar-refractivity contribution is 7.14. The SMILES string of the molecule is O=C(NC(CC(F)F)C(=O)O)c1cc2c(s1)CCCC2. The molecule has 4 nitrogen and oxygen atoms in total. The first kappa shape index (κ1) is 14.9. The Bertz CT molecular complexity index is 492. The first-order valence-corrected chi connectivity index (χ1v) is 7.22.